The number of aliphatic hydroxyl groups is 1. The number of aliphatic hydroxyl groups excluding tert-OH is 1. The van der Waals surface area contributed by atoms with Crippen molar-refractivity contribution in [3.8, 4) is 5.75 Å². The number of rotatable bonds is 3. The lowest BCUT2D eigenvalue weighted by molar-refractivity contribution is -0.275. The van der Waals surface area contributed by atoms with Gasteiger partial charge in [0.2, 0.25) is 0 Å². The van der Waals surface area contributed by atoms with Crippen LogP contribution in [0.25, 0.3) is 0 Å². The zero-order chi connectivity index (χ0) is 14.8. The maximum absolute atomic E-state index is 12.3. The van der Waals surface area contributed by atoms with Gasteiger partial charge >= 0.3 is 6.36 Å². The number of benzene rings is 1. The first-order chi connectivity index (χ1) is 9.37. The molecular weight excluding hydrogens is 271 g/mol. The second kappa shape index (κ2) is 5.50. The molecule has 1 heterocycles. The van der Waals surface area contributed by atoms with E-state index in [1.807, 2.05) is 0 Å². The summed E-state index contributed by atoms with van der Waals surface area (Å²) >= 11 is 0. The third kappa shape index (κ3) is 3.48. The van der Waals surface area contributed by atoms with Crippen molar-refractivity contribution in [2.24, 2.45) is 0 Å². The second-order valence-corrected chi connectivity index (χ2v) is 4.22. The molecule has 106 valence electrons. The summed E-state index contributed by atoms with van der Waals surface area (Å²) in [5.74, 6) is -0.423. The highest BCUT2D eigenvalue weighted by atomic mass is 19.4. The van der Waals surface area contributed by atoms with Crippen molar-refractivity contribution >= 4 is 0 Å². The van der Waals surface area contributed by atoms with E-state index >= 15 is 0 Å². The third-order valence-electron chi connectivity index (χ3n) is 2.69. The first kappa shape index (κ1) is 14.3. The number of aryl methyl sites for hydroxylation is 1. The van der Waals surface area contributed by atoms with E-state index in [1.54, 1.807) is 19.1 Å². The van der Waals surface area contributed by atoms with Crippen LogP contribution in [-0.2, 0) is 0 Å². The highest BCUT2D eigenvalue weighted by molar-refractivity contribution is 5.39. The fraction of sp³-hybridized carbons (Fsp3) is 0.214. The topological polar surface area (TPSA) is 42.4 Å². The van der Waals surface area contributed by atoms with Gasteiger partial charge in [0, 0.05) is 23.0 Å². The molecule has 3 nitrogen and oxygen atoms in total. The lowest BCUT2D eigenvalue weighted by atomic mass is 10.0. The predicted octanol–water partition coefficient (Wildman–Crippen LogP) is 3.37. The minimum Gasteiger partial charge on any atom is -0.405 e. The van der Waals surface area contributed by atoms with E-state index < -0.39 is 18.2 Å². The number of halogens is 3. The molecule has 2 aromatic rings. The molecule has 0 amide bonds. The number of pyridine rings is 1. The molecule has 20 heavy (non-hydrogen) atoms. The van der Waals surface area contributed by atoms with Crippen LogP contribution in [0.1, 0.15) is 22.9 Å². The molecule has 0 saturated heterocycles. The van der Waals surface area contributed by atoms with Crippen molar-refractivity contribution in [2.75, 3.05) is 0 Å². The van der Waals surface area contributed by atoms with Crippen LogP contribution in [0.4, 0.5) is 13.2 Å². The number of hydrogen-bond acceptors (Lipinski definition) is 3. The van der Waals surface area contributed by atoms with Crippen molar-refractivity contribution in [1.82, 2.24) is 4.98 Å². The van der Waals surface area contributed by atoms with E-state index in [9.17, 15) is 18.3 Å². The molecule has 1 N–H and O–H groups in total. The number of hydrogen-bond donors (Lipinski definition) is 1. The molecule has 1 atom stereocenters. The van der Waals surface area contributed by atoms with Gasteiger partial charge in [-0.25, -0.2) is 0 Å². The average Bonchev–Trinajstić information content (AvgIpc) is 2.37. The summed E-state index contributed by atoms with van der Waals surface area (Å²) in [7, 11) is 0. The normalized spacial score (nSPS) is 13.1. The Kier molecular flexibility index (Phi) is 3.94. The Morgan fingerprint density at radius 1 is 1.15 bits per heavy atom. The Morgan fingerprint density at radius 3 is 2.45 bits per heavy atom. The van der Waals surface area contributed by atoms with Gasteiger partial charge in [-0.05, 0) is 19.1 Å². The fourth-order valence-electron chi connectivity index (χ4n) is 1.74. The van der Waals surface area contributed by atoms with Crippen LogP contribution in [0.15, 0.2) is 42.6 Å². The molecule has 0 bridgehead atoms. The van der Waals surface area contributed by atoms with Crippen LogP contribution in [0, 0.1) is 6.92 Å². The molecule has 2 rings (SSSR count). The maximum atomic E-state index is 12.3. The lowest BCUT2D eigenvalue weighted by Gasteiger charge is -2.17. The third-order valence-corrected chi connectivity index (χ3v) is 2.69. The first-order valence-corrected chi connectivity index (χ1v) is 5.82. The Hall–Kier alpha value is -2.08. The minimum absolute atomic E-state index is 0.0375. The van der Waals surface area contributed by atoms with Crippen molar-refractivity contribution in [3.05, 3.63) is 59.4 Å². The summed E-state index contributed by atoms with van der Waals surface area (Å²) in [6, 6.07) is 8.76. The van der Waals surface area contributed by atoms with E-state index in [2.05, 4.69) is 9.72 Å². The van der Waals surface area contributed by atoms with Crippen LogP contribution in [-0.4, -0.2) is 16.5 Å². The first-order valence-electron chi connectivity index (χ1n) is 5.82. The monoisotopic (exact) mass is 283 g/mol. The Labute approximate surface area is 113 Å². The van der Waals surface area contributed by atoms with Crippen LogP contribution >= 0.6 is 0 Å². The number of alkyl halides is 3. The SMILES string of the molecule is Cc1ccc(C(O)c2ccccc2OC(F)(F)F)cn1. The molecule has 0 aliphatic heterocycles. The van der Waals surface area contributed by atoms with Crippen molar-refractivity contribution in [2.45, 2.75) is 19.4 Å². The highest BCUT2D eigenvalue weighted by Gasteiger charge is 2.32. The molecule has 0 fully saturated rings. The average molecular weight is 283 g/mol. The van der Waals surface area contributed by atoms with Gasteiger partial charge in [-0.3, -0.25) is 4.98 Å². The summed E-state index contributed by atoms with van der Waals surface area (Å²) in [4.78, 5) is 4.01. The fourth-order valence-corrected chi connectivity index (χ4v) is 1.74. The summed E-state index contributed by atoms with van der Waals surface area (Å²) in [6.45, 7) is 1.77. The molecule has 1 aromatic heterocycles. The van der Waals surface area contributed by atoms with Crippen LogP contribution in [0.3, 0.4) is 0 Å². The standard InChI is InChI=1S/C14H12F3NO2/c1-9-6-7-10(8-18-9)13(19)11-4-2-3-5-12(11)20-14(15,16)17/h2-8,13,19H,1H3. The summed E-state index contributed by atoms with van der Waals surface area (Å²) < 4.78 is 40.9. The minimum atomic E-state index is -4.80. The van der Waals surface area contributed by atoms with Crippen LogP contribution < -0.4 is 4.74 Å². The van der Waals surface area contributed by atoms with Crippen molar-refractivity contribution < 1.29 is 23.0 Å². The smallest absolute Gasteiger partial charge is 0.405 e. The molecule has 6 heteroatoms. The maximum Gasteiger partial charge on any atom is 0.573 e. The van der Waals surface area contributed by atoms with Gasteiger partial charge in [-0.15, -0.1) is 13.2 Å². The van der Waals surface area contributed by atoms with Crippen molar-refractivity contribution in [1.29, 1.82) is 0 Å². The summed E-state index contributed by atoms with van der Waals surface area (Å²) in [5, 5.41) is 10.2. The van der Waals surface area contributed by atoms with Gasteiger partial charge in [-0.2, -0.15) is 0 Å². The molecule has 0 radical (unpaired) electrons. The Morgan fingerprint density at radius 2 is 1.85 bits per heavy atom. The molecular formula is C14H12F3NO2. The second-order valence-electron chi connectivity index (χ2n) is 4.22. The highest BCUT2D eigenvalue weighted by Crippen LogP contribution is 2.33. The van der Waals surface area contributed by atoms with Crippen LogP contribution in [0.5, 0.6) is 5.75 Å². The molecule has 0 saturated carbocycles. The van der Waals surface area contributed by atoms with E-state index in [0.29, 0.717) is 5.56 Å². The lowest BCUT2D eigenvalue weighted by Crippen LogP contribution is -2.18. The largest absolute Gasteiger partial charge is 0.573 e. The zero-order valence-corrected chi connectivity index (χ0v) is 10.6. The Balaban J connectivity index is 2.34. The van der Waals surface area contributed by atoms with Gasteiger partial charge in [0.25, 0.3) is 0 Å². The molecule has 0 spiro atoms. The van der Waals surface area contributed by atoms with Crippen molar-refractivity contribution in [3.63, 3.8) is 0 Å². The molecule has 0 aliphatic rings. The van der Waals surface area contributed by atoms with E-state index in [0.717, 1.165) is 11.8 Å². The Bertz CT molecular complexity index is 582. The van der Waals surface area contributed by atoms with Gasteiger partial charge in [0.1, 0.15) is 11.9 Å². The van der Waals surface area contributed by atoms with Gasteiger partial charge < -0.3 is 9.84 Å². The molecule has 0 aliphatic carbocycles. The summed E-state index contributed by atoms with van der Waals surface area (Å²) in [6.07, 6.45) is -4.62. The van der Waals surface area contributed by atoms with Crippen LogP contribution in [0.2, 0.25) is 0 Å². The van der Waals surface area contributed by atoms with E-state index in [1.165, 1.54) is 24.4 Å². The number of ether oxygens (including phenoxy) is 1. The van der Waals surface area contributed by atoms with E-state index in [-0.39, 0.29) is 5.56 Å². The zero-order valence-electron chi connectivity index (χ0n) is 10.6. The number of aromatic nitrogens is 1. The van der Waals surface area contributed by atoms with Gasteiger partial charge in [0.15, 0.2) is 0 Å². The quantitative estimate of drug-likeness (QED) is 0.939. The van der Waals surface area contributed by atoms with Gasteiger partial charge in [-0.1, -0.05) is 24.3 Å². The number of para-hydroxylation sites is 1. The van der Waals surface area contributed by atoms with E-state index in [4.69, 9.17) is 0 Å². The number of nitrogens with zero attached hydrogens (tertiary/aromatic N) is 1. The van der Waals surface area contributed by atoms with Gasteiger partial charge in [0.05, 0.1) is 0 Å². The summed E-state index contributed by atoms with van der Waals surface area (Å²) in [5.41, 5.74) is 1.19. The predicted molar refractivity (Wildman–Crippen MR) is 66.2 cm³/mol. The molecule has 1 unspecified atom stereocenters. The molecule has 1 aromatic carbocycles.